The Bertz CT molecular complexity index is 307. The molecule has 0 aromatic rings. The second-order valence-electron chi connectivity index (χ2n) is 7.98. The number of Topliss-reactive ketones (excluding diaryl/α,β-unsaturated/α-hetero) is 1. The summed E-state index contributed by atoms with van der Waals surface area (Å²) < 4.78 is 4.64. The lowest BCUT2D eigenvalue weighted by molar-refractivity contribution is -0.140. The Labute approximate surface area is 169 Å². The van der Waals surface area contributed by atoms with Gasteiger partial charge in [-0.3, -0.25) is 9.59 Å². The Morgan fingerprint density at radius 2 is 0.815 bits per heavy atom. The van der Waals surface area contributed by atoms with Crippen molar-refractivity contribution in [3.63, 3.8) is 0 Å². The van der Waals surface area contributed by atoms with Crippen LogP contribution in [0.5, 0.6) is 0 Å². The largest absolute Gasteiger partial charge is 0.469 e. The minimum Gasteiger partial charge on any atom is -0.469 e. The quantitative estimate of drug-likeness (QED) is 0.152. The fourth-order valence-corrected chi connectivity index (χ4v) is 3.52. The van der Waals surface area contributed by atoms with Crippen molar-refractivity contribution in [1.82, 2.24) is 0 Å². The van der Waals surface area contributed by atoms with Gasteiger partial charge in [-0.15, -0.1) is 0 Å². The first-order valence-electron chi connectivity index (χ1n) is 11.8. The molecule has 3 nitrogen and oxygen atoms in total. The second kappa shape index (κ2) is 21.4. The first-order valence-corrected chi connectivity index (χ1v) is 11.8. The maximum absolute atomic E-state index is 11.2. The number of ketones is 1. The zero-order valence-corrected chi connectivity index (χ0v) is 18.4. The van der Waals surface area contributed by atoms with E-state index in [0.29, 0.717) is 18.6 Å². The molecule has 0 unspecified atom stereocenters. The molecule has 0 N–H and O–H groups in total. The molecule has 0 aliphatic rings. The molecule has 0 fully saturated rings. The van der Waals surface area contributed by atoms with Crippen LogP contribution < -0.4 is 0 Å². The van der Waals surface area contributed by atoms with Gasteiger partial charge in [0.15, 0.2) is 0 Å². The molecule has 27 heavy (non-hydrogen) atoms. The Balaban J connectivity index is 3.05. The molecular formula is C24H46O3. The summed E-state index contributed by atoms with van der Waals surface area (Å²) in [5.74, 6) is 0.348. The van der Waals surface area contributed by atoms with E-state index >= 15 is 0 Å². The molecular weight excluding hydrogens is 336 g/mol. The Kier molecular flexibility index (Phi) is 20.8. The number of esters is 1. The van der Waals surface area contributed by atoms with Gasteiger partial charge in [-0.2, -0.15) is 0 Å². The standard InChI is InChI=1S/C24H46O3/c1-3-23(25)21-19-17-15-13-11-9-7-5-4-6-8-10-12-14-16-18-20-22-24(26)27-2/h3-22H2,1-2H3. The van der Waals surface area contributed by atoms with E-state index in [9.17, 15) is 9.59 Å². The van der Waals surface area contributed by atoms with Gasteiger partial charge in [0.2, 0.25) is 0 Å². The van der Waals surface area contributed by atoms with Gasteiger partial charge < -0.3 is 4.74 Å². The van der Waals surface area contributed by atoms with E-state index in [4.69, 9.17) is 0 Å². The SMILES string of the molecule is CCC(=O)CCCCCCCCCCCCCCCCCCCC(=O)OC. The number of carbonyl (C=O) groups is 2. The van der Waals surface area contributed by atoms with Crippen LogP contribution in [0, 0.1) is 0 Å². The summed E-state index contributed by atoms with van der Waals surface area (Å²) in [6, 6.07) is 0. The van der Waals surface area contributed by atoms with E-state index in [1.54, 1.807) is 0 Å². The number of hydrogen-bond acceptors (Lipinski definition) is 3. The highest BCUT2D eigenvalue weighted by molar-refractivity contribution is 5.77. The van der Waals surface area contributed by atoms with E-state index < -0.39 is 0 Å². The molecule has 0 aliphatic carbocycles. The minimum atomic E-state index is -0.0740. The van der Waals surface area contributed by atoms with E-state index in [1.165, 1.54) is 97.0 Å². The molecule has 0 spiro atoms. The monoisotopic (exact) mass is 382 g/mol. The summed E-state index contributed by atoms with van der Waals surface area (Å²) in [4.78, 5) is 22.2. The summed E-state index contributed by atoms with van der Waals surface area (Å²) in [6.45, 7) is 1.96. The van der Waals surface area contributed by atoms with Crippen LogP contribution in [-0.2, 0) is 14.3 Å². The molecule has 0 heterocycles. The predicted molar refractivity (Wildman–Crippen MR) is 115 cm³/mol. The van der Waals surface area contributed by atoms with Gasteiger partial charge in [0, 0.05) is 19.3 Å². The zero-order chi connectivity index (χ0) is 20.0. The molecule has 0 atom stereocenters. The average molecular weight is 383 g/mol. The Hall–Kier alpha value is -0.860. The van der Waals surface area contributed by atoms with Gasteiger partial charge in [-0.25, -0.2) is 0 Å². The van der Waals surface area contributed by atoms with Gasteiger partial charge in [-0.05, 0) is 12.8 Å². The van der Waals surface area contributed by atoms with Crippen LogP contribution in [0.3, 0.4) is 0 Å². The lowest BCUT2D eigenvalue weighted by Gasteiger charge is -2.04. The number of ether oxygens (including phenoxy) is 1. The van der Waals surface area contributed by atoms with Gasteiger partial charge >= 0.3 is 5.97 Å². The van der Waals surface area contributed by atoms with Crippen molar-refractivity contribution in [2.24, 2.45) is 0 Å². The number of unbranched alkanes of at least 4 members (excludes halogenated alkanes) is 16. The lowest BCUT2D eigenvalue weighted by atomic mass is 10.0. The molecule has 0 radical (unpaired) electrons. The summed E-state index contributed by atoms with van der Waals surface area (Å²) >= 11 is 0. The topological polar surface area (TPSA) is 43.4 Å². The number of carbonyl (C=O) groups excluding carboxylic acids is 2. The molecule has 3 heteroatoms. The first kappa shape index (κ1) is 26.1. The highest BCUT2D eigenvalue weighted by Gasteiger charge is 2.00. The number of rotatable bonds is 21. The van der Waals surface area contributed by atoms with Crippen LogP contribution in [-0.4, -0.2) is 18.9 Å². The van der Waals surface area contributed by atoms with Crippen LogP contribution in [0.25, 0.3) is 0 Å². The maximum atomic E-state index is 11.2. The van der Waals surface area contributed by atoms with Crippen molar-refractivity contribution >= 4 is 11.8 Å². The summed E-state index contributed by atoms with van der Waals surface area (Å²) in [7, 11) is 1.46. The van der Waals surface area contributed by atoms with Gasteiger partial charge in [0.05, 0.1) is 7.11 Å². The molecule has 160 valence electrons. The second-order valence-corrected chi connectivity index (χ2v) is 7.98. The van der Waals surface area contributed by atoms with Gasteiger partial charge in [0.1, 0.15) is 5.78 Å². The van der Waals surface area contributed by atoms with Gasteiger partial charge in [0.25, 0.3) is 0 Å². The maximum Gasteiger partial charge on any atom is 0.305 e. The van der Waals surface area contributed by atoms with Crippen LogP contribution in [0.4, 0.5) is 0 Å². The third-order valence-electron chi connectivity index (χ3n) is 5.46. The fourth-order valence-electron chi connectivity index (χ4n) is 3.52. The van der Waals surface area contributed by atoms with Crippen LogP contribution in [0.15, 0.2) is 0 Å². The number of hydrogen-bond donors (Lipinski definition) is 0. The molecule has 0 aromatic heterocycles. The van der Waals surface area contributed by atoms with E-state index in [1.807, 2.05) is 6.92 Å². The van der Waals surface area contributed by atoms with Crippen molar-refractivity contribution in [2.75, 3.05) is 7.11 Å². The van der Waals surface area contributed by atoms with Crippen LogP contribution in [0.2, 0.25) is 0 Å². The van der Waals surface area contributed by atoms with Gasteiger partial charge in [-0.1, -0.05) is 103 Å². The fraction of sp³-hybridized carbons (Fsp3) is 0.917. The molecule has 0 bridgehead atoms. The number of methoxy groups -OCH3 is 1. The molecule has 0 rings (SSSR count). The van der Waals surface area contributed by atoms with Crippen LogP contribution in [0.1, 0.15) is 135 Å². The summed E-state index contributed by atoms with van der Waals surface area (Å²) in [5.41, 5.74) is 0. The molecule has 0 aliphatic heterocycles. The molecule has 0 saturated carbocycles. The highest BCUT2D eigenvalue weighted by Crippen LogP contribution is 2.14. The van der Waals surface area contributed by atoms with Crippen molar-refractivity contribution < 1.29 is 14.3 Å². The third-order valence-corrected chi connectivity index (χ3v) is 5.46. The normalized spacial score (nSPS) is 10.9. The predicted octanol–water partition coefficient (Wildman–Crippen LogP) is 7.55. The van der Waals surface area contributed by atoms with Crippen LogP contribution >= 0.6 is 0 Å². The zero-order valence-electron chi connectivity index (χ0n) is 18.4. The third kappa shape index (κ3) is 21.3. The Morgan fingerprint density at radius 3 is 1.11 bits per heavy atom. The van der Waals surface area contributed by atoms with Crippen molar-refractivity contribution in [2.45, 2.75) is 135 Å². The summed E-state index contributed by atoms with van der Waals surface area (Å²) in [6.07, 6.45) is 24.2. The minimum absolute atomic E-state index is 0.0740. The Morgan fingerprint density at radius 1 is 0.519 bits per heavy atom. The van der Waals surface area contributed by atoms with E-state index in [-0.39, 0.29) is 5.97 Å². The molecule has 0 saturated heterocycles. The lowest BCUT2D eigenvalue weighted by Crippen LogP contribution is -1.99. The van der Waals surface area contributed by atoms with E-state index in [0.717, 1.165) is 25.7 Å². The van der Waals surface area contributed by atoms with Crippen molar-refractivity contribution in [3.05, 3.63) is 0 Å². The first-order chi connectivity index (χ1) is 13.2. The van der Waals surface area contributed by atoms with Crippen molar-refractivity contribution in [3.8, 4) is 0 Å². The molecule has 0 amide bonds. The average Bonchev–Trinajstić information content (AvgIpc) is 2.69. The highest BCUT2D eigenvalue weighted by atomic mass is 16.5. The summed E-state index contributed by atoms with van der Waals surface area (Å²) in [5, 5.41) is 0. The van der Waals surface area contributed by atoms with Crippen molar-refractivity contribution in [1.29, 1.82) is 0 Å². The van der Waals surface area contributed by atoms with E-state index in [2.05, 4.69) is 4.74 Å². The molecule has 0 aromatic carbocycles. The smallest absolute Gasteiger partial charge is 0.305 e.